The lowest BCUT2D eigenvalue weighted by Gasteiger charge is -2.29. The number of nitrogens with zero attached hydrogens (tertiary/aromatic N) is 2. The first-order chi connectivity index (χ1) is 9.24. The maximum atomic E-state index is 12.1. The summed E-state index contributed by atoms with van der Waals surface area (Å²) in [5.74, 6) is 0.598. The summed E-state index contributed by atoms with van der Waals surface area (Å²) in [5, 5.41) is 11.6. The highest BCUT2D eigenvalue weighted by atomic mass is 16.5. The summed E-state index contributed by atoms with van der Waals surface area (Å²) in [4.78, 5) is 13.7. The van der Waals surface area contributed by atoms with E-state index in [1.54, 1.807) is 24.1 Å². The average molecular weight is 261 g/mol. The Balaban J connectivity index is 2.03. The highest BCUT2D eigenvalue weighted by Gasteiger charge is 2.24. The van der Waals surface area contributed by atoms with Crippen LogP contribution in [0.4, 0.5) is 10.5 Å². The number of benzene rings is 1. The van der Waals surface area contributed by atoms with Gasteiger partial charge in [-0.25, -0.2) is 4.79 Å². The first-order valence-corrected chi connectivity index (χ1v) is 5.94. The Kier molecular flexibility index (Phi) is 4.21. The number of morpholine rings is 1. The summed E-state index contributed by atoms with van der Waals surface area (Å²) in [5.41, 5.74) is 0.606. The second-order valence-electron chi connectivity index (χ2n) is 4.06. The van der Waals surface area contributed by atoms with Crippen molar-refractivity contribution in [2.75, 3.05) is 32.1 Å². The number of nitrogens with one attached hydrogen (secondary N) is 1. The number of nitriles is 1. The van der Waals surface area contributed by atoms with Crippen molar-refractivity contribution in [3.8, 4) is 11.8 Å². The Bertz CT molecular complexity index is 498. The molecule has 2 amide bonds. The molecular weight excluding hydrogens is 246 g/mol. The van der Waals surface area contributed by atoms with Gasteiger partial charge in [-0.15, -0.1) is 0 Å². The predicted molar refractivity (Wildman–Crippen MR) is 68.9 cm³/mol. The number of ether oxygens (including phenoxy) is 2. The van der Waals surface area contributed by atoms with Crippen LogP contribution in [0.1, 0.15) is 0 Å². The molecule has 1 fully saturated rings. The van der Waals surface area contributed by atoms with E-state index in [9.17, 15) is 4.79 Å². The van der Waals surface area contributed by atoms with Gasteiger partial charge in [0.15, 0.2) is 6.10 Å². The van der Waals surface area contributed by atoms with Crippen molar-refractivity contribution in [1.29, 1.82) is 5.26 Å². The molecule has 1 heterocycles. The van der Waals surface area contributed by atoms with Gasteiger partial charge in [-0.05, 0) is 12.1 Å². The summed E-state index contributed by atoms with van der Waals surface area (Å²) in [7, 11) is 1.55. The average Bonchev–Trinajstić information content (AvgIpc) is 2.47. The Morgan fingerprint density at radius 3 is 3.11 bits per heavy atom. The maximum absolute atomic E-state index is 12.1. The van der Waals surface area contributed by atoms with Crippen LogP contribution in [-0.2, 0) is 4.74 Å². The Labute approximate surface area is 111 Å². The zero-order valence-corrected chi connectivity index (χ0v) is 10.6. The van der Waals surface area contributed by atoms with Crippen LogP contribution in [0.5, 0.6) is 5.75 Å². The van der Waals surface area contributed by atoms with Crippen molar-refractivity contribution in [2.45, 2.75) is 6.10 Å². The molecule has 19 heavy (non-hydrogen) atoms. The van der Waals surface area contributed by atoms with Gasteiger partial charge in [-0.2, -0.15) is 5.26 Å². The molecule has 1 N–H and O–H groups in total. The van der Waals surface area contributed by atoms with E-state index in [-0.39, 0.29) is 12.6 Å². The number of amides is 2. The molecule has 0 aliphatic carbocycles. The molecule has 1 aromatic rings. The van der Waals surface area contributed by atoms with Crippen molar-refractivity contribution >= 4 is 11.7 Å². The largest absolute Gasteiger partial charge is 0.495 e. The van der Waals surface area contributed by atoms with Crippen LogP contribution >= 0.6 is 0 Å². The Hall–Kier alpha value is -2.26. The van der Waals surface area contributed by atoms with Gasteiger partial charge in [0.2, 0.25) is 0 Å². The monoisotopic (exact) mass is 261 g/mol. The number of para-hydroxylation sites is 2. The fourth-order valence-corrected chi connectivity index (χ4v) is 1.85. The minimum absolute atomic E-state index is 0.256. The third-order valence-corrected chi connectivity index (χ3v) is 2.85. The van der Waals surface area contributed by atoms with Crippen LogP contribution in [0.3, 0.4) is 0 Å². The molecule has 6 nitrogen and oxygen atoms in total. The normalized spacial score (nSPS) is 18.5. The molecule has 6 heteroatoms. The lowest BCUT2D eigenvalue weighted by atomic mass is 10.3. The van der Waals surface area contributed by atoms with E-state index in [1.807, 2.05) is 18.2 Å². The number of anilines is 1. The van der Waals surface area contributed by atoms with Crippen molar-refractivity contribution in [1.82, 2.24) is 4.90 Å². The SMILES string of the molecule is COc1ccccc1NC(=O)N1CCOC(C#N)C1. The zero-order valence-electron chi connectivity index (χ0n) is 10.6. The number of carbonyl (C=O) groups excluding carboxylic acids is 1. The Morgan fingerprint density at radius 2 is 2.37 bits per heavy atom. The third-order valence-electron chi connectivity index (χ3n) is 2.85. The van der Waals surface area contributed by atoms with E-state index in [4.69, 9.17) is 14.7 Å². The molecule has 0 spiro atoms. The van der Waals surface area contributed by atoms with Gasteiger partial charge in [-0.1, -0.05) is 12.1 Å². The standard InChI is InChI=1S/C13H15N3O3/c1-18-12-5-3-2-4-11(12)15-13(17)16-6-7-19-10(8-14)9-16/h2-5,10H,6-7,9H2,1H3,(H,15,17). The van der Waals surface area contributed by atoms with Gasteiger partial charge in [0.1, 0.15) is 5.75 Å². The summed E-state index contributed by atoms with van der Waals surface area (Å²) >= 11 is 0. The summed E-state index contributed by atoms with van der Waals surface area (Å²) in [6.07, 6.45) is -0.558. The topological polar surface area (TPSA) is 74.6 Å². The number of carbonyl (C=O) groups is 1. The van der Waals surface area contributed by atoms with Gasteiger partial charge in [-0.3, -0.25) is 0 Å². The highest BCUT2D eigenvalue weighted by Crippen LogP contribution is 2.23. The van der Waals surface area contributed by atoms with E-state index >= 15 is 0 Å². The molecule has 1 aliphatic heterocycles. The van der Waals surface area contributed by atoms with Gasteiger partial charge in [0.05, 0.1) is 32.0 Å². The fourth-order valence-electron chi connectivity index (χ4n) is 1.85. The molecule has 2 rings (SSSR count). The Morgan fingerprint density at radius 1 is 1.58 bits per heavy atom. The van der Waals surface area contributed by atoms with Gasteiger partial charge < -0.3 is 19.7 Å². The summed E-state index contributed by atoms with van der Waals surface area (Å²) in [6.45, 7) is 1.12. The first kappa shape index (κ1) is 13.2. The van der Waals surface area contributed by atoms with E-state index in [2.05, 4.69) is 5.32 Å². The third kappa shape index (κ3) is 3.14. The number of hydrogen-bond acceptors (Lipinski definition) is 4. The van der Waals surface area contributed by atoms with Crippen LogP contribution in [-0.4, -0.2) is 43.8 Å². The van der Waals surface area contributed by atoms with Crippen molar-refractivity contribution in [3.05, 3.63) is 24.3 Å². The fraction of sp³-hybridized carbons (Fsp3) is 0.385. The molecule has 1 unspecified atom stereocenters. The number of methoxy groups -OCH3 is 1. The maximum Gasteiger partial charge on any atom is 0.322 e. The molecule has 0 bridgehead atoms. The van der Waals surface area contributed by atoms with Crippen LogP contribution in [0, 0.1) is 11.3 Å². The second-order valence-corrected chi connectivity index (χ2v) is 4.06. The van der Waals surface area contributed by atoms with E-state index in [1.165, 1.54) is 0 Å². The zero-order chi connectivity index (χ0) is 13.7. The summed E-state index contributed by atoms with van der Waals surface area (Å²) < 4.78 is 10.4. The quantitative estimate of drug-likeness (QED) is 0.874. The van der Waals surface area contributed by atoms with E-state index in [0.717, 1.165) is 0 Å². The molecule has 1 aliphatic rings. The molecule has 0 aromatic heterocycles. The van der Waals surface area contributed by atoms with Gasteiger partial charge in [0, 0.05) is 6.54 Å². The van der Waals surface area contributed by atoms with Crippen LogP contribution in [0.25, 0.3) is 0 Å². The molecule has 100 valence electrons. The van der Waals surface area contributed by atoms with Crippen molar-refractivity contribution in [3.63, 3.8) is 0 Å². The number of urea groups is 1. The van der Waals surface area contributed by atoms with E-state index < -0.39 is 6.10 Å². The molecular formula is C13H15N3O3. The first-order valence-electron chi connectivity index (χ1n) is 5.94. The lowest BCUT2D eigenvalue weighted by molar-refractivity contribution is 0.0181. The second kappa shape index (κ2) is 6.07. The predicted octanol–water partition coefficient (Wildman–Crippen LogP) is 1.45. The summed E-state index contributed by atoms with van der Waals surface area (Å²) in [6, 6.07) is 8.93. The molecule has 1 atom stereocenters. The molecule has 1 aromatic carbocycles. The van der Waals surface area contributed by atoms with Crippen molar-refractivity contribution in [2.24, 2.45) is 0 Å². The molecule has 1 saturated heterocycles. The molecule has 0 saturated carbocycles. The van der Waals surface area contributed by atoms with Crippen LogP contribution < -0.4 is 10.1 Å². The number of hydrogen-bond donors (Lipinski definition) is 1. The smallest absolute Gasteiger partial charge is 0.322 e. The minimum atomic E-state index is -0.558. The minimum Gasteiger partial charge on any atom is -0.495 e. The van der Waals surface area contributed by atoms with Crippen LogP contribution in [0.15, 0.2) is 24.3 Å². The molecule has 0 radical (unpaired) electrons. The lowest BCUT2D eigenvalue weighted by Crippen LogP contribution is -2.46. The van der Waals surface area contributed by atoms with Gasteiger partial charge in [0.25, 0.3) is 0 Å². The number of rotatable bonds is 2. The van der Waals surface area contributed by atoms with Crippen molar-refractivity contribution < 1.29 is 14.3 Å². The van der Waals surface area contributed by atoms with Gasteiger partial charge >= 0.3 is 6.03 Å². The van der Waals surface area contributed by atoms with E-state index in [0.29, 0.717) is 24.6 Å². The van der Waals surface area contributed by atoms with Crippen LogP contribution in [0.2, 0.25) is 0 Å². The highest BCUT2D eigenvalue weighted by molar-refractivity contribution is 5.91.